The Balaban J connectivity index is 1.85. The summed E-state index contributed by atoms with van der Waals surface area (Å²) in [7, 11) is 0. The van der Waals surface area contributed by atoms with E-state index in [1.807, 2.05) is 30.3 Å². The predicted molar refractivity (Wildman–Crippen MR) is 88.5 cm³/mol. The lowest BCUT2D eigenvalue weighted by molar-refractivity contribution is 0.282. The fourth-order valence-corrected chi connectivity index (χ4v) is 2.44. The molecule has 0 aliphatic carbocycles. The zero-order valence-corrected chi connectivity index (χ0v) is 12.9. The molecule has 0 saturated heterocycles. The number of hydrogen-bond acceptors (Lipinski definition) is 2. The van der Waals surface area contributed by atoms with Crippen LogP contribution in [0, 0.1) is 11.6 Å². The molecule has 0 saturated carbocycles. The van der Waals surface area contributed by atoms with Crippen molar-refractivity contribution in [1.29, 1.82) is 0 Å². The third kappa shape index (κ3) is 3.44. The zero-order chi connectivity index (χ0) is 16.9. The fraction of sp³-hybridized carbons (Fsp3) is 0.100. The summed E-state index contributed by atoms with van der Waals surface area (Å²) < 4.78 is 34.1. The molecule has 0 heterocycles. The van der Waals surface area contributed by atoms with Crippen LogP contribution in [0.15, 0.2) is 66.7 Å². The lowest BCUT2D eigenvalue weighted by atomic mass is 10.0. The average molecular weight is 326 g/mol. The van der Waals surface area contributed by atoms with Gasteiger partial charge in [-0.05, 0) is 34.9 Å². The van der Waals surface area contributed by atoms with Crippen molar-refractivity contribution in [1.82, 2.24) is 0 Å². The molecule has 0 spiro atoms. The van der Waals surface area contributed by atoms with Crippen LogP contribution < -0.4 is 4.74 Å². The van der Waals surface area contributed by atoms with Crippen molar-refractivity contribution in [3.05, 3.63) is 89.5 Å². The van der Waals surface area contributed by atoms with Gasteiger partial charge in [0, 0.05) is 5.56 Å². The highest BCUT2D eigenvalue weighted by atomic mass is 19.2. The lowest BCUT2D eigenvalue weighted by Crippen LogP contribution is -2.00. The van der Waals surface area contributed by atoms with Gasteiger partial charge < -0.3 is 9.84 Å². The van der Waals surface area contributed by atoms with Crippen molar-refractivity contribution in [2.75, 3.05) is 0 Å². The van der Waals surface area contributed by atoms with E-state index in [0.717, 1.165) is 5.56 Å². The Labute approximate surface area is 139 Å². The molecule has 3 aromatic rings. The summed E-state index contributed by atoms with van der Waals surface area (Å²) in [5.74, 6) is -2.10. The quantitative estimate of drug-likeness (QED) is 0.736. The second-order valence-electron chi connectivity index (χ2n) is 5.37. The van der Waals surface area contributed by atoms with Crippen LogP contribution in [-0.2, 0) is 13.2 Å². The van der Waals surface area contributed by atoms with Crippen LogP contribution in [0.3, 0.4) is 0 Å². The molecule has 1 N–H and O–H groups in total. The summed E-state index contributed by atoms with van der Waals surface area (Å²) in [5.41, 5.74) is 2.15. The van der Waals surface area contributed by atoms with Crippen LogP contribution in [0.5, 0.6) is 5.75 Å². The Morgan fingerprint density at radius 3 is 2.29 bits per heavy atom. The standard InChI is InChI=1S/C20H16F2O2/c21-19-17(16-8-4-7-15(11-16)12-23)9-10-18(20(19)22)24-13-14-5-2-1-3-6-14/h1-11,23H,12-13H2. The van der Waals surface area contributed by atoms with Gasteiger partial charge in [-0.1, -0.05) is 48.5 Å². The van der Waals surface area contributed by atoms with Gasteiger partial charge in [-0.15, -0.1) is 0 Å². The van der Waals surface area contributed by atoms with Crippen LogP contribution in [0.25, 0.3) is 11.1 Å². The molecule has 0 unspecified atom stereocenters. The van der Waals surface area contributed by atoms with Crippen molar-refractivity contribution < 1.29 is 18.6 Å². The molecule has 0 aliphatic rings. The second kappa shape index (κ2) is 7.23. The molecule has 4 heteroatoms. The molecule has 0 bridgehead atoms. The highest BCUT2D eigenvalue weighted by Gasteiger charge is 2.16. The summed E-state index contributed by atoms with van der Waals surface area (Å²) in [4.78, 5) is 0. The molecular weight excluding hydrogens is 310 g/mol. The Morgan fingerprint density at radius 1 is 0.792 bits per heavy atom. The maximum absolute atomic E-state index is 14.4. The number of hydrogen-bond donors (Lipinski definition) is 1. The second-order valence-corrected chi connectivity index (χ2v) is 5.37. The number of benzene rings is 3. The van der Waals surface area contributed by atoms with E-state index in [9.17, 15) is 8.78 Å². The van der Waals surface area contributed by atoms with E-state index in [4.69, 9.17) is 9.84 Å². The van der Waals surface area contributed by atoms with Crippen molar-refractivity contribution >= 4 is 0 Å². The van der Waals surface area contributed by atoms with E-state index in [1.54, 1.807) is 24.3 Å². The first-order chi connectivity index (χ1) is 11.7. The van der Waals surface area contributed by atoms with Crippen molar-refractivity contribution in [3.63, 3.8) is 0 Å². The highest BCUT2D eigenvalue weighted by molar-refractivity contribution is 5.66. The van der Waals surface area contributed by atoms with Gasteiger partial charge in [0.2, 0.25) is 5.82 Å². The van der Waals surface area contributed by atoms with Crippen LogP contribution in [0.4, 0.5) is 8.78 Å². The maximum Gasteiger partial charge on any atom is 0.201 e. The number of aliphatic hydroxyl groups excluding tert-OH is 1. The highest BCUT2D eigenvalue weighted by Crippen LogP contribution is 2.30. The van der Waals surface area contributed by atoms with Gasteiger partial charge in [-0.2, -0.15) is 4.39 Å². The van der Waals surface area contributed by atoms with E-state index < -0.39 is 11.6 Å². The summed E-state index contributed by atoms with van der Waals surface area (Å²) in [6.07, 6.45) is 0. The molecular formula is C20H16F2O2. The van der Waals surface area contributed by atoms with Crippen molar-refractivity contribution in [3.8, 4) is 16.9 Å². The Kier molecular flexibility index (Phi) is 4.87. The van der Waals surface area contributed by atoms with Crippen LogP contribution in [0.2, 0.25) is 0 Å². The monoisotopic (exact) mass is 326 g/mol. The van der Waals surface area contributed by atoms with E-state index in [-0.39, 0.29) is 24.5 Å². The van der Waals surface area contributed by atoms with E-state index in [1.165, 1.54) is 12.1 Å². The van der Waals surface area contributed by atoms with Gasteiger partial charge in [-0.3, -0.25) is 0 Å². The van der Waals surface area contributed by atoms with Gasteiger partial charge in [-0.25, -0.2) is 4.39 Å². The molecule has 0 aliphatic heterocycles. The van der Waals surface area contributed by atoms with Crippen molar-refractivity contribution in [2.45, 2.75) is 13.2 Å². The predicted octanol–water partition coefficient (Wildman–Crippen LogP) is 4.70. The maximum atomic E-state index is 14.4. The molecule has 3 rings (SSSR count). The fourth-order valence-electron chi connectivity index (χ4n) is 2.44. The first-order valence-corrected chi connectivity index (χ1v) is 7.54. The molecule has 2 nitrogen and oxygen atoms in total. The molecule has 0 amide bonds. The third-order valence-electron chi connectivity index (χ3n) is 3.70. The van der Waals surface area contributed by atoms with Gasteiger partial charge in [0.25, 0.3) is 0 Å². The van der Waals surface area contributed by atoms with Crippen LogP contribution >= 0.6 is 0 Å². The zero-order valence-electron chi connectivity index (χ0n) is 12.9. The average Bonchev–Trinajstić information content (AvgIpc) is 2.64. The Hall–Kier alpha value is -2.72. The van der Waals surface area contributed by atoms with Gasteiger partial charge in [0.1, 0.15) is 6.61 Å². The lowest BCUT2D eigenvalue weighted by Gasteiger charge is -2.11. The topological polar surface area (TPSA) is 29.5 Å². The summed E-state index contributed by atoms with van der Waals surface area (Å²) >= 11 is 0. The smallest absolute Gasteiger partial charge is 0.201 e. The van der Waals surface area contributed by atoms with Crippen LogP contribution in [0.1, 0.15) is 11.1 Å². The number of aliphatic hydroxyl groups is 1. The number of ether oxygens (including phenoxy) is 1. The van der Waals surface area contributed by atoms with Gasteiger partial charge in [0.05, 0.1) is 6.61 Å². The largest absolute Gasteiger partial charge is 0.486 e. The molecule has 122 valence electrons. The minimum Gasteiger partial charge on any atom is -0.486 e. The molecule has 0 aromatic heterocycles. The van der Waals surface area contributed by atoms with Crippen LogP contribution in [-0.4, -0.2) is 5.11 Å². The van der Waals surface area contributed by atoms with Gasteiger partial charge in [0.15, 0.2) is 11.6 Å². The van der Waals surface area contributed by atoms with E-state index in [0.29, 0.717) is 11.1 Å². The molecule has 0 radical (unpaired) electrons. The first-order valence-electron chi connectivity index (χ1n) is 7.54. The first kappa shape index (κ1) is 16.1. The Morgan fingerprint density at radius 2 is 1.54 bits per heavy atom. The van der Waals surface area contributed by atoms with Gasteiger partial charge >= 0.3 is 0 Å². The number of rotatable bonds is 5. The summed E-state index contributed by atoms with van der Waals surface area (Å²) in [6, 6.07) is 18.9. The third-order valence-corrected chi connectivity index (χ3v) is 3.70. The normalized spacial score (nSPS) is 10.6. The molecule has 3 aromatic carbocycles. The minimum absolute atomic E-state index is 0.126. The summed E-state index contributed by atoms with van der Waals surface area (Å²) in [6.45, 7) is 0.00670. The molecule has 0 atom stereocenters. The SMILES string of the molecule is OCc1cccc(-c2ccc(OCc3ccccc3)c(F)c2F)c1. The Bertz CT molecular complexity index is 832. The minimum atomic E-state index is -1.02. The molecule has 24 heavy (non-hydrogen) atoms. The van der Waals surface area contributed by atoms with E-state index >= 15 is 0 Å². The molecule has 0 fully saturated rings. The van der Waals surface area contributed by atoms with Crippen molar-refractivity contribution in [2.24, 2.45) is 0 Å². The summed E-state index contributed by atoms with van der Waals surface area (Å²) in [5, 5.41) is 9.17. The van der Waals surface area contributed by atoms with E-state index in [2.05, 4.69) is 0 Å². The number of halogens is 2.